The minimum absolute atomic E-state index is 0.230. The molecule has 1 amide bonds. The number of amides is 1. The van der Waals surface area contributed by atoms with Crippen LogP contribution in [0.2, 0.25) is 0 Å². The SMILES string of the molecule is CC(C)C[C@@H](C[C@H](O)[C@@H](N)CC1CCCCC1)C(N)=O. The molecule has 0 bridgehead atoms. The van der Waals surface area contributed by atoms with E-state index in [0.29, 0.717) is 18.3 Å². The summed E-state index contributed by atoms with van der Waals surface area (Å²) in [6, 6.07) is -0.230. The lowest BCUT2D eigenvalue weighted by Crippen LogP contribution is -2.40. The highest BCUT2D eigenvalue weighted by atomic mass is 16.3. The van der Waals surface area contributed by atoms with E-state index in [1.54, 1.807) is 0 Å². The van der Waals surface area contributed by atoms with Crippen LogP contribution in [0.1, 0.15) is 65.2 Å². The second-order valence-corrected chi connectivity index (χ2v) is 6.94. The molecule has 1 aliphatic rings. The Balaban J connectivity index is 2.41. The van der Waals surface area contributed by atoms with Gasteiger partial charge in [-0.2, -0.15) is 0 Å². The van der Waals surface area contributed by atoms with Crippen LogP contribution in [0.4, 0.5) is 0 Å². The van der Waals surface area contributed by atoms with Gasteiger partial charge >= 0.3 is 0 Å². The monoisotopic (exact) mass is 284 g/mol. The van der Waals surface area contributed by atoms with Crippen molar-refractivity contribution >= 4 is 5.91 Å². The summed E-state index contributed by atoms with van der Waals surface area (Å²) in [7, 11) is 0. The maximum absolute atomic E-state index is 11.5. The minimum atomic E-state index is -0.617. The molecule has 118 valence electrons. The topological polar surface area (TPSA) is 89.3 Å². The van der Waals surface area contributed by atoms with Crippen molar-refractivity contribution in [3.8, 4) is 0 Å². The van der Waals surface area contributed by atoms with E-state index < -0.39 is 6.10 Å². The van der Waals surface area contributed by atoms with Crippen molar-refractivity contribution in [2.24, 2.45) is 29.2 Å². The van der Waals surface area contributed by atoms with Crippen LogP contribution in [0.15, 0.2) is 0 Å². The van der Waals surface area contributed by atoms with Gasteiger partial charge in [0.1, 0.15) is 0 Å². The Morgan fingerprint density at radius 1 is 1.20 bits per heavy atom. The summed E-state index contributed by atoms with van der Waals surface area (Å²) < 4.78 is 0. The van der Waals surface area contributed by atoms with Crippen molar-refractivity contribution in [1.29, 1.82) is 0 Å². The molecule has 0 saturated heterocycles. The third kappa shape index (κ3) is 6.23. The highest BCUT2D eigenvalue weighted by Crippen LogP contribution is 2.28. The van der Waals surface area contributed by atoms with E-state index in [9.17, 15) is 9.90 Å². The lowest BCUT2D eigenvalue weighted by Gasteiger charge is -2.28. The van der Waals surface area contributed by atoms with Crippen molar-refractivity contribution in [3.05, 3.63) is 0 Å². The maximum atomic E-state index is 11.5. The van der Waals surface area contributed by atoms with Gasteiger partial charge < -0.3 is 16.6 Å². The summed E-state index contributed by atoms with van der Waals surface area (Å²) in [5.41, 5.74) is 11.6. The van der Waals surface area contributed by atoms with E-state index in [1.165, 1.54) is 32.1 Å². The summed E-state index contributed by atoms with van der Waals surface area (Å²) in [5.74, 6) is 0.463. The van der Waals surface area contributed by atoms with E-state index in [-0.39, 0.29) is 17.9 Å². The molecule has 0 heterocycles. The summed E-state index contributed by atoms with van der Waals surface area (Å²) in [4.78, 5) is 11.5. The highest BCUT2D eigenvalue weighted by Gasteiger charge is 2.26. The molecule has 3 atom stereocenters. The zero-order chi connectivity index (χ0) is 15.1. The fourth-order valence-electron chi connectivity index (χ4n) is 3.33. The van der Waals surface area contributed by atoms with Crippen molar-refractivity contribution in [2.45, 2.75) is 77.4 Å². The maximum Gasteiger partial charge on any atom is 0.220 e. The van der Waals surface area contributed by atoms with Gasteiger partial charge in [-0.3, -0.25) is 4.79 Å². The molecule has 0 spiro atoms. The quantitative estimate of drug-likeness (QED) is 0.638. The molecule has 0 radical (unpaired) electrons. The molecule has 1 rings (SSSR count). The molecule has 0 aliphatic heterocycles. The van der Waals surface area contributed by atoms with Gasteiger partial charge in [-0.15, -0.1) is 0 Å². The average Bonchev–Trinajstić information content (AvgIpc) is 2.38. The van der Waals surface area contributed by atoms with Crippen LogP contribution in [0, 0.1) is 17.8 Å². The van der Waals surface area contributed by atoms with Gasteiger partial charge in [0.25, 0.3) is 0 Å². The third-order valence-corrected chi connectivity index (χ3v) is 4.51. The molecular formula is C16H32N2O2. The first-order valence-electron chi connectivity index (χ1n) is 8.13. The minimum Gasteiger partial charge on any atom is -0.391 e. The number of carbonyl (C=O) groups excluding carboxylic acids is 1. The first-order valence-corrected chi connectivity index (χ1v) is 8.13. The Kier molecular flexibility index (Phi) is 7.52. The Hall–Kier alpha value is -0.610. The predicted octanol–water partition coefficient (Wildman–Crippen LogP) is 2.18. The number of hydrogen-bond donors (Lipinski definition) is 3. The largest absolute Gasteiger partial charge is 0.391 e. The van der Waals surface area contributed by atoms with Crippen LogP contribution in [-0.2, 0) is 4.79 Å². The molecule has 5 N–H and O–H groups in total. The molecule has 0 unspecified atom stereocenters. The predicted molar refractivity (Wildman–Crippen MR) is 81.9 cm³/mol. The molecule has 0 aromatic rings. The van der Waals surface area contributed by atoms with Crippen LogP contribution in [0.25, 0.3) is 0 Å². The smallest absolute Gasteiger partial charge is 0.220 e. The fourth-order valence-corrected chi connectivity index (χ4v) is 3.33. The van der Waals surface area contributed by atoms with Gasteiger partial charge in [0.05, 0.1) is 6.10 Å². The Bertz CT molecular complexity index is 288. The number of carbonyl (C=O) groups is 1. The molecular weight excluding hydrogens is 252 g/mol. The van der Waals surface area contributed by atoms with Crippen LogP contribution in [0.3, 0.4) is 0 Å². The Morgan fingerprint density at radius 2 is 1.80 bits per heavy atom. The number of hydrogen-bond acceptors (Lipinski definition) is 3. The number of nitrogens with two attached hydrogens (primary N) is 2. The van der Waals surface area contributed by atoms with Crippen LogP contribution in [-0.4, -0.2) is 23.2 Å². The Labute approximate surface area is 123 Å². The zero-order valence-corrected chi connectivity index (χ0v) is 13.1. The molecule has 0 aromatic heterocycles. The van der Waals surface area contributed by atoms with Crippen molar-refractivity contribution in [2.75, 3.05) is 0 Å². The van der Waals surface area contributed by atoms with Crippen molar-refractivity contribution in [1.82, 2.24) is 0 Å². The van der Waals surface area contributed by atoms with Crippen molar-refractivity contribution in [3.63, 3.8) is 0 Å². The van der Waals surface area contributed by atoms with Gasteiger partial charge in [0.2, 0.25) is 5.91 Å². The van der Waals surface area contributed by atoms with E-state index >= 15 is 0 Å². The van der Waals surface area contributed by atoms with Crippen LogP contribution in [0.5, 0.6) is 0 Å². The van der Waals surface area contributed by atoms with E-state index in [0.717, 1.165) is 12.8 Å². The normalized spacial score (nSPS) is 21.6. The number of aliphatic hydroxyl groups excluding tert-OH is 1. The number of primary amides is 1. The molecule has 20 heavy (non-hydrogen) atoms. The molecule has 0 aromatic carbocycles. The lowest BCUT2D eigenvalue weighted by molar-refractivity contribution is -0.123. The molecule has 1 saturated carbocycles. The zero-order valence-electron chi connectivity index (χ0n) is 13.1. The second-order valence-electron chi connectivity index (χ2n) is 6.94. The lowest BCUT2D eigenvalue weighted by atomic mass is 9.82. The fraction of sp³-hybridized carbons (Fsp3) is 0.938. The Morgan fingerprint density at radius 3 is 2.30 bits per heavy atom. The average molecular weight is 284 g/mol. The van der Waals surface area contributed by atoms with E-state index in [2.05, 4.69) is 13.8 Å². The number of rotatable bonds is 8. The van der Waals surface area contributed by atoms with Crippen molar-refractivity contribution < 1.29 is 9.90 Å². The molecule has 4 nitrogen and oxygen atoms in total. The van der Waals surface area contributed by atoms with Crippen LogP contribution < -0.4 is 11.5 Å². The van der Waals surface area contributed by atoms with Gasteiger partial charge in [-0.1, -0.05) is 46.0 Å². The van der Waals surface area contributed by atoms with Gasteiger partial charge in [-0.05, 0) is 31.1 Å². The van der Waals surface area contributed by atoms with Gasteiger partial charge in [-0.25, -0.2) is 0 Å². The molecule has 4 heteroatoms. The first-order chi connectivity index (χ1) is 9.40. The summed E-state index contributed by atoms with van der Waals surface area (Å²) in [5, 5.41) is 10.2. The van der Waals surface area contributed by atoms with E-state index in [4.69, 9.17) is 11.5 Å². The highest BCUT2D eigenvalue weighted by molar-refractivity contribution is 5.76. The molecule has 1 fully saturated rings. The summed E-state index contributed by atoms with van der Waals surface area (Å²) >= 11 is 0. The van der Waals surface area contributed by atoms with Crippen LogP contribution >= 0.6 is 0 Å². The summed E-state index contributed by atoms with van der Waals surface area (Å²) in [6.07, 6.45) is 7.73. The molecule has 1 aliphatic carbocycles. The van der Waals surface area contributed by atoms with Gasteiger partial charge in [0, 0.05) is 12.0 Å². The first kappa shape index (κ1) is 17.4. The summed E-state index contributed by atoms with van der Waals surface area (Å²) in [6.45, 7) is 4.12. The standard InChI is InChI=1S/C16H32N2O2/c1-11(2)8-13(16(18)20)10-15(19)14(17)9-12-6-4-3-5-7-12/h11-15,19H,3-10,17H2,1-2H3,(H2,18,20)/t13-,14-,15-/m0/s1. The third-order valence-electron chi connectivity index (χ3n) is 4.51. The second kappa shape index (κ2) is 8.63. The van der Waals surface area contributed by atoms with E-state index in [1.807, 2.05) is 0 Å². The van der Waals surface area contributed by atoms with Gasteiger partial charge in [0.15, 0.2) is 0 Å². The number of aliphatic hydroxyl groups is 1.